The van der Waals surface area contributed by atoms with Gasteiger partial charge in [0, 0.05) is 13.1 Å². The normalized spacial score (nSPS) is 12.1. The van der Waals surface area contributed by atoms with Crippen LogP contribution in [-0.2, 0) is 26.2 Å². The zero-order valence-electron chi connectivity index (χ0n) is 17.9. The number of para-hydroxylation sites is 1. The third-order valence-electron chi connectivity index (χ3n) is 4.73. The van der Waals surface area contributed by atoms with Gasteiger partial charge in [-0.15, -0.1) is 0 Å². The van der Waals surface area contributed by atoms with Gasteiger partial charge in [0.1, 0.15) is 12.6 Å². The summed E-state index contributed by atoms with van der Waals surface area (Å²) in [6.45, 7) is 3.75. The minimum absolute atomic E-state index is 0.176. The highest BCUT2D eigenvalue weighted by Gasteiger charge is 2.31. The van der Waals surface area contributed by atoms with Gasteiger partial charge in [0.2, 0.25) is 21.8 Å². The quantitative estimate of drug-likeness (QED) is 0.584. The number of halogens is 1. The van der Waals surface area contributed by atoms with E-state index in [1.165, 1.54) is 4.90 Å². The molecule has 2 aromatic rings. The van der Waals surface area contributed by atoms with E-state index in [-0.39, 0.29) is 23.2 Å². The van der Waals surface area contributed by atoms with E-state index >= 15 is 0 Å². The summed E-state index contributed by atoms with van der Waals surface area (Å²) in [5.41, 5.74) is 1.05. The number of amides is 2. The maximum absolute atomic E-state index is 13.4. The fourth-order valence-electron chi connectivity index (χ4n) is 3.24. The molecule has 0 fully saturated rings. The third-order valence-corrected chi connectivity index (χ3v) is 6.18. The van der Waals surface area contributed by atoms with E-state index in [4.69, 9.17) is 11.6 Å². The molecule has 0 saturated carbocycles. The van der Waals surface area contributed by atoms with Gasteiger partial charge >= 0.3 is 0 Å². The highest BCUT2D eigenvalue weighted by molar-refractivity contribution is 7.92. The van der Waals surface area contributed by atoms with Crippen molar-refractivity contribution in [1.29, 1.82) is 0 Å². The van der Waals surface area contributed by atoms with Gasteiger partial charge < -0.3 is 10.2 Å². The van der Waals surface area contributed by atoms with Gasteiger partial charge in [-0.25, -0.2) is 8.42 Å². The molecule has 0 unspecified atom stereocenters. The predicted molar refractivity (Wildman–Crippen MR) is 123 cm³/mol. The van der Waals surface area contributed by atoms with Crippen molar-refractivity contribution in [3.8, 4) is 0 Å². The number of anilines is 1. The summed E-state index contributed by atoms with van der Waals surface area (Å²) in [4.78, 5) is 27.5. The molecule has 31 heavy (non-hydrogen) atoms. The second-order valence-electron chi connectivity index (χ2n) is 7.05. The van der Waals surface area contributed by atoms with Crippen LogP contribution in [0.2, 0.25) is 5.02 Å². The van der Waals surface area contributed by atoms with Crippen molar-refractivity contribution in [2.45, 2.75) is 32.9 Å². The molecular formula is C22H28ClN3O4S. The Hall–Kier alpha value is -2.58. The van der Waals surface area contributed by atoms with Gasteiger partial charge in [0.15, 0.2) is 0 Å². The van der Waals surface area contributed by atoms with Crippen LogP contribution >= 0.6 is 11.6 Å². The second-order valence-corrected chi connectivity index (χ2v) is 9.36. The van der Waals surface area contributed by atoms with E-state index in [1.54, 1.807) is 31.2 Å². The fourth-order valence-corrected chi connectivity index (χ4v) is 4.39. The zero-order valence-corrected chi connectivity index (χ0v) is 19.5. The maximum atomic E-state index is 13.4. The van der Waals surface area contributed by atoms with Gasteiger partial charge in [-0.1, -0.05) is 61.0 Å². The number of likely N-dealkylation sites (N-methyl/N-ethyl adjacent to an activating group) is 1. The lowest BCUT2D eigenvalue weighted by molar-refractivity contribution is -0.140. The number of nitrogens with one attached hydrogen (secondary N) is 1. The van der Waals surface area contributed by atoms with E-state index in [0.717, 1.165) is 16.1 Å². The van der Waals surface area contributed by atoms with Gasteiger partial charge in [-0.2, -0.15) is 0 Å². The Kier molecular flexibility index (Phi) is 8.88. The number of hydrogen-bond donors (Lipinski definition) is 1. The van der Waals surface area contributed by atoms with Crippen molar-refractivity contribution in [3.63, 3.8) is 0 Å². The minimum atomic E-state index is -3.80. The third kappa shape index (κ3) is 6.70. The molecule has 0 heterocycles. The first-order chi connectivity index (χ1) is 14.7. The summed E-state index contributed by atoms with van der Waals surface area (Å²) in [6.07, 6.45) is 1.40. The topological polar surface area (TPSA) is 86.8 Å². The van der Waals surface area contributed by atoms with Gasteiger partial charge in [-0.05, 0) is 31.0 Å². The van der Waals surface area contributed by atoms with Crippen LogP contribution < -0.4 is 9.62 Å². The average molecular weight is 466 g/mol. The highest BCUT2D eigenvalue weighted by atomic mass is 35.5. The monoisotopic (exact) mass is 465 g/mol. The minimum Gasteiger partial charge on any atom is -0.355 e. The first kappa shape index (κ1) is 24.7. The molecule has 0 radical (unpaired) electrons. The van der Waals surface area contributed by atoms with Crippen molar-refractivity contribution in [2.75, 3.05) is 23.7 Å². The Bertz CT molecular complexity index is 999. The Morgan fingerprint density at radius 1 is 1.03 bits per heavy atom. The molecule has 1 atom stereocenters. The molecule has 0 aliphatic rings. The van der Waals surface area contributed by atoms with Gasteiger partial charge in [-0.3, -0.25) is 13.9 Å². The molecule has 2 aromatic carbocycles. The molecule has 0 aromatic heterocycles. The van der Waals surface area contributed by atoms with Crippen LogP contribution in [0, 0.1) is 0 Å². The SMILES string of the molecule is CCNC(=O)[C@H](CC)N(Cc1ccccc1)C(=O)CN(c1ccccc1Cl)S(C)(=O)=O. The maximum Gasteiger partial charge on any atom is 0.244 e. The smallest absolute Gasteiger partial charge is 0.244 e. The second kappa shape index (κ2) is 11.2. The van der Waals surface area contributed by atoms with Crippen LogP contribution in [0.15, 0.2) is 54.6 Å². The summed E-state index contributed by atoms with van der Waals surface area (Å²) in [5, 5.41) is 2.97. The summed E-state index contributed by atoms with van der Waals surface area (Å²) >= 11 is 6.20. The molecule has 2 amide bonds. The molecule has 9 heteroatoms. The number of carbonyl (C=O) groups is 2. The lowest BCUT2D eigenvalue weighted by atomic mass is 10.1. The summed E-state index contributed by atoms with van der Waals surface area (Å²) in [5.74, 6) is -0.773. The molecule has 7 nitrogen and oxygen atoms in total. The Balaban J connectivity index is 2.42. The first-order valence-electron chi connectivity index (χ1n) is 10.0. The molecule has 168 valence electrons. The van der Waals surface area contributed by atoms with Gasteiger partial charge in [0.25, 0.3) is 0 Å². The van der Waals surface area contributed by atoms with Crippen molar-refractivity contribution < 1.29 is 18.0 Å². The van der Waals surface area contributed by atoms with Crippen LogP contribution in [-0.4, -0.2) is 50.5 Å². The molecule has 1 N–H and O–H groups in total. The van der Waals surface area contributed by atoms with Crippen LogP contribution in [0.1, 0.15) is 25.8 Å². The molecule has 2 rings (SSSR count). The fraction of sp³-hybridized carbons (Fsp3) is 0.364. The van der Waals surface area contributed by atoms with Crippen molar-refractivity contribution in [1.82, 2.24) is 10.2 Å². The van der Waals surface area contributed by atoms with E-state index in [2.05, 4.69) is 5.32 Å². The zero-order chi connectivity index (χ0) is 23.0. The number of carbonyl (C=O) groups excluding carboxylic acids is 2. The van der Waals surface area contributed by atoms with Crippen molar-refractivity contribution >= 4 is 39.1 Å². The predicted octanol–water partition coefficient (Wildman–Crippen LogP) is 3.05. The number of benzene rings is 2. The molecule has 0 saturated heterocycles. The lowest BCUT2D eigenvalue weighted by Crippen LogP contribution is -2.52. The van der Waals surface area contributed by atoms with Crippen LogP contribution in [0.5, 0.6) is 0 Å². The Morgan fingerprint density at radius 2 is 1.65 bits per heavy atom. The molecule has 0 aliphatic carbocycles. The van der Waals surface area contributed by atoms with Crippen LogP contribution in [0.3, 0.4) is 0 Å². The van der Waals surface area contributed by atoms with Crippen molar-refractivity contribution in [3.05, 3.63) is 65.2 Å². The molecular weight excluding hydrogens is 438 g/mol. The van der Waals surface area contributed by atoms with E-state index in [9.17, 15) is 18.0 Å². The molecule has 0 aliphatic heterocycles. The first-order valence-corrected chi connectivity index (χ1v) is 12.2. The largest absolute Gasteiger partial charge is 0.355 e. The number of hydrogen-bond acceptors (Lipinski definition) is 4. The van der Waals surface area contributed by atoms with Crippen molar-refractivity contribution in [2.24, 2.45) is 0 Å². The summed E-state index contributed by atoms with van der Waals surface area (Å²) in [7, 11) is -3.80. The molecule has 0 spiro atoms. The van der Waals surface area contributed by atoms with E-state index in [1.807, 2.05) is 37.3 Å². The van der Waals surface area contributed by atoms with E-state index < -0.39 is 28.5 Å². The highest BCUT2D eigenvalue weighted by Crippen LogP contribution is 2.27. The Labute approximate surface area is 189 Å². The number of rotatable bonds is 10. The Morgan fingerprint density at radius 3 is 2.19 bits per heavy atom. The van der Waals surface area contributed by atoms with Gasteiger partial charge in [0.05, 0.1) is 17.0 Å². The number of sulfonamides is 1. The average Bonchev–Trinajstić information content (AvgIpc) is 2.72. The molecule has 0 bridgehead atoms. The standard InChI is InChI=1S/C22H28ClN3O4S/c1-4-19(22(28)24-5-2)25(15-17-11-7-6-8-12-17)21(27)16-26(31(3,29)30)20-14-10-9-13-18(20)23/h6-14,19H,4-5,15-16H2,1-3H3,(H,24,28)/t19-/m0/s1. The van der Waals surface area contributed by atoms with Crippen LogP contribution in [0.4, 0.5) is 5.69 Å². The summed E-state index contributed by atoms with van der Waals surface area (Å²) < 4.78 is 26.0. The van der Waals surface area contributed by atoms with Crippen LogP contribution in [0.25, 0.3) is 0 Å². The van der Waals surface area contributed by atoms with E-state index in [0.29, 0.717) is 13.0 Å². The summed E-state index contributed by atoms with van der Waals surface area (Å²) in [6, 6.07) is 15.0. The lowest BCUT2D eigenvalue weighted by Gasteiger charge is -2.33. The number of nitrogens with zero attached hydrogens (tertiary/aromatic N) is 2.